The normalized spacial score (nSPS) is 10.2. The number of rotatable bonds is 0. The monoisotopic (exact) mass is 234 g/mol. The Morgan fingerprint density at radius 2 is 1.77 bits per heavy atom. The van der Waals surface area contributed by atoms with Gasteiger partial charge in [-0.3, -0.25) is 4.79 Å². The van der Waals surface area contributed by atoms with Crippen molar-refractivity contribution in [3.63, 3.8) is 0 Å². The van der Waals surface area contributed by atoms with Crippen molar-refractivity contribution >= 4 is 26.7 Å². The fraction of sp³-hybridized carbons (Fsp3) is 0. The van der Waals surface area contributed by atoms with Gasteiger partial charge in [-0.1, -0.05) is 46.3 Å². The van der Waals surface area contributed by atoms with Gasteiger partial charge in [-0.25, -0.2) is 0 Å². The molecule has 13 heavy (non-hydrogen) atoms. The molecule has 2 aromatic rings. The van der Waals surface area contributed by atoms with Crippen molar-refractivity contribution in [1.82, 2.24) is 0 Å². The van der Waals surface area contributed by atoms with Crippen molar-refractivity contribution in [1.29, 1.82) is 0 Å². The van der Waals surface area contributed by atoms with E-state index in [-0.39, 0.29) is 5.43 Å². The van der Waals surface area contributed by atoms with Gasteiger partial charge in [0.25, 0.3) is 0 Å². The van der Waals surface area contributed by atoms with Crippen molar-refractivity contribution in [2.75, 3.05) is 0 Å². The summed E-state index contributed by atoms with van der Waals surface area (Å²) >= 11 is 3.29. The van der Waals surface area contributed by atoms with Crippen LogP contribution in [0.1, 0.15) is 0 Å². The lowest BCUT2D eigenvalue weighted by atomic mass is 10.2. The van der Waals surface area contributed by atoms with Gasteiger partial charge in [0.15, 0.2) is 5.43 Å². The smallest absolute Gasteiger partial charge is 0.187 e. The first-order chi connectivity index (χ1) is 6.27. The van der Waals surface area contributed by atoms with E-state index in [0.29, 0.717) is 0 Å². The molecule has 0 bridgehead atoms. The number of hydrogen-bond donors (Lipinski definition) is 0. The lowest BCUT2D eigenvalue weighted by Crippen LogP contribution is -1.93. The Labute approximate surface area is 84.2 Å². The SMILES string of the molecule is O=c1cc(Br)ccc2ccccc12. The molecule has 0 saturated heterocycles. The zero-order valence-electron chi connectivity index (χ0n) is 6.83. The molecule has 0 aliphatic heterocycles. The molecule has 0 aromatic heterocycles. The average Bonchev–Trinajstić information content (AvgIpc) is 2.27. The Morgan fingerprint density at radius 3 is 2.62 bits per heavy atom. The Hall–Kier alpha value is -1.15. The predicted molar refractivity (Wildman–Crippen MR) is 57.9 cm³/mol. The zero-order valence-corrected chi connectivity index (χ0v) is 8.41. The van der Waals surface area contributed by atoms with Gasteiger partial charge in [0.05, 0.1) is 0 Å². The standard InChI is InChI=1S/C11H7BrO/c12-9-6-5-8-3-1-2-4-10(8)11(13)7-9/h1-7H. The van der Waals surface area contributed by atoms with E-state index in [1.807, 2.05) is 36.4 Å². The summed E-state index contributed by atoms with van der Waals surface area (Å²) in [5, 5.41) is 1.73. The molecule has 0 N–H and O–H groups in total. The van der Waals surface area contributed by atoms with E-state index in [4.69, 9.17) is 0 Å². The van der Waals surface area contributed by atoms with Gasteiger partial charge < -0.3 is 0 Å². The van der Waals surface area contributed by atoms with Crippen LogP contribution in [0, 0.1) is 0 Å². The molecule has 2 aromatic carbocycles. The molecule has 64 valence electrons. The van der Waals surface area contributed by atoms with Crippen LogP contribution in [-0.2, 0) is 0 Å². The van der Waals surface area contributed by atoms with Crippen LogP contribution in [0.5, 0.6) is 0 Å². The molecular formula is C11H7BrO. The van der Waals surface area contributed by atoms with Gasteiger partial charge in [0, 0.05) is 15.9 Å². The van der Waals surface area contributed by atoms with Crippen molar-refractivity contribution < 1.29 is 0 Å². The lowest BCUT2D eigenvalue weighted by molar-refractivity contribution is 1.68. The number of benzene rings is 1. The van der Waals surface area contributed by atoms with E-state index in [0.717, 1.165) is 15.2 Å². The largest absolute Gasteiger partial charge is 0.289 e. The van der Waals surface area contributed by atoms with Crippen molar-refractivity contribution in [2.45, 2.75) is 0 Å². The van der Waals surface area contributed by atoms with Gasteiger partial charge >= 0.3 is 0 Å². The molecule has 0 spiro atoms. The first-order valence-corrected chi connectivity index (χ1v) is 4.75. The highest BCUT2D eigenvalue weighted by Crippen LogP contribution is 2.11. The maximum atomic E-state index is 11.6. The summed E-state index contributed by atoms with van der Waals surface area (Å²) in [7, 11) is 0. The Bertz CT molecular complexity index is 505. The third-order valence-corrected chi connectivity index (χ3v) is 2.41. The molecular weight excluding hydrogens is 228 g/mol. The summed E-state index contributed by atoms with van der Waals surface area (Å²) in [6.45, 7) is 0. The minimum absolute atomic E-state index is 0.0486. The van der Waals surface area contributed by atoms with Gasteiger partial charge in [-0.05, 0) is 11.5 Å². The van der Waals surface area contributed by atoms with E-state index in [9.17, 15) is 4.79 Å². The van der Waals surface area contributed by atoms with Crippen molar-refractivity contribution in [2.24, 2.45) is 0 Å². The second-order valence-corrected chi connectivity index (χ2v) is 3.73. The third-order valence-electron chi connectivity index (χ3n) is 1.92. The molecule has 0 aliphatic carbocycles. The van der Waals surface area contributed by atoms with Crippen LogP contribution in [-0.4, -0.2) is 0 Å². The van der Waals surface area contributed by atoms with Crippen LogP contribution in [0.3, 0.4) is 0 Å². The summed E-state index contributed by atoms with van der Waals surface area (Å²) < 4.78 is 0.814. The van der Waals surface area contributed by atoms with Gasteiger partial charge in [-0.15, -0.1) is 0 Å². The first-order valence-electron chi connectivity index (χ1n) is 3.96. The second kappa shape index (κ2) is 3.30. The molecule has 2 heteroatoms. The second-order valence-electron chi connectivity index (χ2n) is 2.81. The quantitative estimate of drug-likeness (QED) is 0.686. The molecule has 2 rings (SSSR count). The van der Waals surface area contributed by atoms with Gasteiger partial charge in [-0.2, -0.15) is 0 Å². The summed E-state index contributed by atoms with van der Waals surface area (Å²) in [6, 6.07) is 13.0. The van der Waals surface area contributed by atoms with Gasteiger partial charge in [0.2, 0.25) is 0 Å². The fourth-order valence-corrected chi connectivity index (χ4v) is 1.63. The van der Waals surface area contributed by atoms with E-state index < -0.39 is 0 Å². The molecule has 0 atom stereocenters. The maximum absolute atomic E-state index is 11.6. The molecule has 0 radical (unpaired) electrons. The highest BCUT2D eigenvalue weighted by molar-refractivity contribution is 9.10. The average molecular weight is 235 g/mol. The fourth-order valence-electron chi connectivity index (χ4n) is 1.29. The molecule has 0 saturated carbocycles. The number of hydrogen-bond acceptors (Lipinski definition) is 1. The van der Waals surface area contributed by atoms with Crippen LogP contribution in [0.15, 0.2) is 51.7 Å². The lowest BCUT2D eigenvalue weighted by Gasteiger charge is -1.87. The van der Waals surface area contributed by atoms with Crippen LogP contribution in [0.2, 0.25) is 0 Å². The van der Waals surface area contributed by atoms with Crippen LogP contribution < -0.4 is 5.43 Å². The Balaban J connectivity index is 3.02. The molecule has 0 unspecified atom stereocenters. The summed E-state index contributed by atoms with van der Waals surface area (Å²) in [4.78, 5) is 11.6. The predicted octanol–water partition coefficient (Wildman–Crippen LogP) is 2.96. The molecule has 0 heterocycles. The van der Waals surface area contributed by atoms with E-state index in [2.05, 4.69) is 15.9 Å². The van der Waals surface area contributed by atoms with Crippen LogP contribution in [0.4, 0.5) is 0 Å². The molecule has 0 amide bonds. The highest BCUT2D eigenvalue weighted by atomic mass is 79.9. The van der Waals surface area contributed by atoms with Crippen molar-refractivity contribution in [3.8, 4) is 0 Å². The highest BCUT2D eigenvalue weighted by Gasteiger charge is 1.94. The topological polar surface area (TPSA) is 17.1 Å². The van der Waals surface area contributed by atoms with E-state index >= 15 is 0 Å². The Morgan fingerprint density at radius 1 is 1.00 bits per heavy atom. The molecule has 0 fully saturated rings. The van der Waals surface area contributed by atoms with E-state index in [1.165, 1.54) is 0 Å². The minimum Gasteiger partial charge on any atom is -0.289 e. The maximum Gasteiger partial charge on any atom is 0.187 e. The summed E-state index contributed by atoms with van der Waals surface area (Å²) in [5.74, 6) is 0. The van der Waals surface area contributed by atoms with Crippen molar-refractivity contribution in [3.05, 3.63) is 57.2 Å². The summed E-state index contributed by atoms with van der Waals surface area (Å²) in [6.07, 6.45) is 0. The number of fused-ring (bicyclic) bond motifs is 1. The third kappa shape index (κ3) is 1.63. The zero-order chi connectivity index (χ0) is 9.26. The van der Waals surface area contributed by atoms with Crippen LogP contribution in [0.25, 0.3) is 10.8 Å². The minimum atomic E-state index is 0.0486. The Kier molecular flexibility index (Phi) is 2.15. The van der Waals surface area contributed by atoms with Gasteiger partial charge in [0.1, 0.15) is 0 Å². The van der Waals surface area contributed by atoms with E-state index in [1.54, 1.807) is 6.07 Å². The molecule has 1 nitrogen and oxygen atoms in total. The molecule has 0 aliphatic rings. The summed E-state index contributed by atoms with van der Waals surface area (Å²) in [5.41, 5.74) is 0.0486. The first kappa shape index (κ1) is 8.45. The van der Waals surface area contributed by atoms with Crippen LogP contribution >= 0.6 is 15.9 Å². The number of halogens is 1.